The summed E-state index contributed by atoms with van der Waals surface area (Å²) in [6, 6.07) is 5.62. The lowest BCUT2D eigenvalue weighted by Crippen LogP contribution is -2.15. The maximum absolute atomic E-state index is 10.3. The van der Waals surface area contributed by atoms with Gasteiger partial charge in [0.25, 0.3) is 0 Å². The number of benzene rings is 1. The number of fused-ring (bicyclic) bond motifs is 1. The molecule has 0 saturated heterocycles. The summed E-state index contributed by atoms with van der Waals surface area (Å²) in [5.41, 5.74) is 3.18. The summed E-state index contributed by atoms with van der Waals surface area (Å²) in [5, 5.41) is 28.1. The maximum Gasteiger partial charge on any atom is 0.162 e. The fourth-order valence-electron chi connectivity index (χ4n) is 2.87. The molecule has 1 aliphatic heterocycles. The van der Waals surface area contributed by atoms with Gasteiger partial charge in [0, 0.05) is 22.9 Å². The summed E-state index contributed by atoms with van der Waals surface area (Å²) < 4.78 is 12.7. The molecule has 0 amide bonds. The van der Waals surface area contributed by atoms with Crippen LogP contribution in [0.15, 0.2) is 30.6 Å². The molecule has 0 atom stereocenters. The second-order valence-electron chi connectivity index (χ2n) is 6.01. The third kappa shape index (κ3) is 2.95. The molecule has 2 N–H and O–H groups in total. The SMILES string of the molecule is Cc1ncc(CO)c(Cn2cc(-c3ccc4c(c3)OCCO4)nn2)c1O. The van der Waals surface area contributed by atoms with Crippen molar-refractivity contribution in [3.05, 3.63) is 47.4 Å². The van der Waals surface area contributed by atoms with Gasteiger partial charge in [-0.05, 0) is 25.1 Å². The standard InChI is InChI=1S/C18H18N4O4/c1-11-18(24)14(13(10-23)7-19-11)8-22-9-15(20-21-22)12-2-3-16-17(6-12)26-5-4-25-16/h2-3,6-7,9,23-24H,4-5,8,10H2,1H3. The number of pyridine rings is 1. The molecule has 1 aliphatic rings. The van der Waals surface area contributed by atoms with E-state index >= 15 is 0 Å². The molecule has 0 aliphatic carbocycles. The fourth-order valence-corrected chi connectivity index (χ4v) is 2.87. The van der Waals surface area contributed by atoms with E-state index in [-0.39, 0.29) is 18.9 Å². The van der Waals surface area contributed by atoms with E-state index < -0.39 is 0 Å². The zero-order valence-electron chi connectivity index (χ0n) is 14.2. The van der Waals surface area contributed by atoms with Crippen LogP contribution in [0.25, 0.3) is 11.3 Å². The molecule has 134 valence electrons. The van der Waals surface area contributed by atoms with E-state index in [2.05, 4.69) is 15.3 Å². The second kappa shape index (κ2) is 6.64. The van der Waals surface area contributed by atoms with Crippen LogP contribution in [-0.2, 0) is 13.2 Å². The topological polar surface area (TPSA) is 103 Å². The highest BCUT2D eigenvalue weighted by Crippen LogP contribution is 2.34. The Labute approximate surface area is 149 Å². The number of aliphatic hydroxyl groups is 1. The molecule has 1 aromatic carbocycles. The van der Waals surface area contributed by atoms with E-state index in [1.807, 2.05) is 18.2 Å². The molecule has 0 bridgehead atoms. The largest absolute Gasteiger partial charge is 0.506 e. The van der Waals surface area contributed by atoms with Crippen molar-refractivity contribution in [2.75, 3.05) is 13.2 Å². The van der Waals surface area contributed by atoms with Gasteiger partial charge in [0.2, 0.25) is 0 Å². The highest BCUT2D eigenvalue weighted by atomic mass is 16.6. The molecule has 3 aromatic rings. The number of hydrogen-bond acceptors (Lipinski definition) is 7. The van der Waals surface area contributed by atoms with Gasteiger partial charge in [-0.1, -0.05) is 5.21 Å². The smallest absolute Gasteiger partial charge is 0.162 e. The fraction of sp³-hybridized carbons (Fsp3) is 0.278. The van der Waals surface area contributed by atoms with Crippen LogP contribution in [0.2, 0.25) is 0 Å². The Kier molecular flexibility index (Phi) is 4.18. The summed E-state index contributed by atoms with van der Waals surface area (Å²) >= 11 is 0. The van der Waals surface area contributed by atoms with E-state index in [0.717, 1.165) is 11.3 Å². The molecule has 0 fully saturated rings. The predicted molar refractivity (Wildman–Crippen MR) is 92.1 cm³/mol. The molecule has 3 heterocycles. The quantitative estimate of drug-likeness (QED) is 0.734. The highest BCUT2D eigenvalue weighted by molar-refractivity contribution is 5.63. The number of rotatable bonds is 4. The average Bonchev–Trinajstić information content (AvgIpc) is 3.14. The first-order valence-corrected chi connectivity index (χ1v) is 8.23. The van der Waals surface area contributed by atoms with Gasteiger partial charge >= 0.3 is 0 Å². The van der Waals surface area contributed by atoms with Crippen LogP contribution in [-0.4, -0.2) is 43.4 Å². The zero-order valence-corrected chi connectivity index (χ0v) is 14.2. The Morgan fingerprint density at radius 3 is 2.81 bits per heavy atom. The van der Waals surface area contributed by atoms with Crippen molar-refractivity contribution in [3.63, 3.8) is 0 Å². The van der Waals surface area contributed by atoms with Gasteiger partial charge in [-0.25, -0.2) is 4.68 Å². The van der Waals surface area contributed by atoms with E-state index in [9.17, 15) is 10.2 Å². The average molecular weight is 354 g/mol. The van der Waals surface area contributed by atoms with Gasteiger partial charge in [0.05, 0.1) is 25.0 Å². The van der Waals surface area contributed by atoms with Crippen LogP contribution in [0, 0.1) is 6.92 Å². The lowest BCUT2D eigenvalue weighted by atomic mass is 10.1. The van der Waals surface area contributed by atoms with Crippen LogP contribution in [0.3, 0.4) is 0 Å². The minimum absolute atomic E-state index is 0.0629. The van der Waals surface area contributed by atoms with Gasteiger partial charge in [-0.2, -0.15) is 0 Å². The highest BCUT2D eigenvalue weighted by Gasteiger charge is 2.16. The van der Waals surface area contributed by atoms with Gasteiger partial charge in [-0.15, -0.1) is 5.10 Å². The number of ether oxygens (including phenoxy) is 2. The van der Waals surface area contributed by atoms with Crippen molar-refractivity contribution < 1.29 is 19.7 Å². The molecule has 0 unspecified atom stereocenters. The Hall–Kier alpha value is -3.13. The monoisotopic (exact) mass is 354 g/mol. The van der Waals surface area contributed by atoms with E-state index in [1.54, 1.807) is 24.0 Å². The van der Waals surface area contributed by atoms with Crippen molar-refractivity contribution in [2.24, 2.45) is 0 Å². The second-order valence-corrected chi connectivity index (χ2v) is 6.01. The van der Waals surface area contributed by atoms with Gasteiger partial charge in [-0.3, -0.25) is 4.98 Å². The summed E-state index contributed by atoms with van der Waals surface area (Å²) in [5.74, 6) is 1.47. The molecule has 0 spiro atoms. The minimum Gasteiger partial charge on any atom is -0.506 e. The van der Waals surface area contributed by atoms with Crippen LogP contribution in [0.5, 0.6) is 17.2 Å². The summed E-state index contributed by atoms with van der Waals surface area (Å²) in [7, 11) is 0. The van der Waals surface area contributed by atoms with Crippen molar-refractivity contribution in [2.45, 2.75) is 20.1 Å². The van der Waals surface area contributed by atoms with Gasteiger partial charge in [0.1, 0.15) is 24.7 Å². The Morgan fingerprint density at radius 2 is 2.00 bits per heavy atom. The molecule has 26 heavy (non-hydrogen) atoms. The first-order valence-electron chi connectivity index (χ1n) is 8.23. The number of aryl methyl sites for hydroxylation is 1. The van der Waals surface area contributed by atoms with Crippen LogP contribution >= 0.6 is 0 Å². The number of aromatic nitrogens is 4. The normalized spacial score (nSPS) is 13.0. The molecule has 4 rings (SSSR count). The lowest BCUT2D eigenvalue weighted by molar-refractivity contribution is 0.171. The number of aromatic hydroxyl groups is 1. The summed E-state index contributed by atoms with van der Waals surface area (Å²) in [6.07, 6.45) is 3.34. The van der Waals surface area contributed by atoms with Gasteiger partial charge in [0.15, 0.2) is 11.5 Å². The number of hydrogen-bond donors (Lipinski definition) is 2. The third-order valence-corrected chi connectivity index (χ3v) is 4.30. The molecule has 2 aromatic heterocycles. The van der Waals surface area contributed by atoms with Gasteiger partial charge < -0.3 is 19.7 Å². The molecule has 0 radical (unpaired) electrons. The van der Waals surface area contributed by atoms with Crippen LogP contribution < -0.4 is 9.47 Å². The number of nitrogens with zero attached hydrogens (tertiary/aromatic N) is 4. The van der Waals surface area contributed by atoms with E-state index in [4.69, 9.17) is 9.47 Å². The Balaban J connectivity index is 1.62. The predicted octanol–water partition coefficient (Wildman–Crippen LogP) is 1.67. The molecule has 0 saturated carbocycles. The molecule has 8 nitrogen and oxygen atoms in total. The van der Waals surface area contributed by atoms with E-state index in [1.165, 1.54) is 0 Å². The molecular formula is C18H18N4O4. The van der Waals surface area contributed by atoms with E-state index in [0.29, 0.717) is 41.5 Å². The number of aliphatic hydroxyl groups excluding tert-OH is 1. The van der Waals surface area contributed by atoms with Crippen molar-refractivity contribution in [1.82, 2.24) is 20.0 Å². The third-order valence-electron chi connectivity index (χ3n) is 4.30. The minimum atomic E-state index is -0.208. The van der Waals surface area contributed by atoms with Crippen molar-refractivity contribution in [1.29, 1.82) is 0 Å². The maximum atomic E-state index is 10.3. The Morgan fingerprint density at radius 1 is 1.19 bits per heavy atom. The first-order chi connectivity index (χ1) is 12.7. The summed E-state index contributed by atoms with van der Waals surface area (Å²) in [6.45, 7) is 2.85. The van der Waals surface area contributed by atoms with Crippen LogP contribution in [0.1, 0.15) is 16.8 Å². The molecule has 8 heteroatoms. The Bertz CT molecular complexity index is 954. The lowest BCUT2D eigenvalue weighted by Gasteiger charge is -2.18. The van der Waals surface area contributed by atoms with Crippen molar-refractivity contribution >= 4 is 0 Å². The van der Waals surface area contributed by atoms with Crippen LogP contribution in [0.4, 0.5) is 0 Å². The molecular weight excluding hydrogens is 336 g/mol. The zero-order chi connectivity index (χ0) is 18.1. The van der Waals surface area contributed by atoms with Crippen molar-refractivity contribution in [3.8, 4) is 28.5 Å². The first kappa shape index (κ1) is 16.3. The summed E-state index contributed by atoms with van der Waals surface area (Å²) in [4.78, 5) is 4.06.